The number of esters is 1. The minimum Gasteiger partial charge on any atom is -0.457 e. The van der Waals surface area contributed by atoms with E-state index >= 15 is 0 Å². The summed E-state index contributed by atoms with van der Waals surface area (Å²) < 4.78 is 17.7. The van der Waals surface area contributed by atoms with Crippen molar-refractivity contribution >= 4 is 23.3 Å². The normalized spacial score (nSPS) is 10.2. The maximum absolute atomic E-state index is 12.7. The monoisotopic (exact) mass is 309 g/mol. The Morgan fingerprint density at radius 1 is 1.24 bits per heavy atom. The minimum atomic E-state index is -0.867. The smallest absolute Gasteiger partial charge is 0.345 e. The molecule has 0 saturated carbocycles. The van der Waals surface area contributed by atoms with Crippen LogP contribution in [0.4, 0.5) is 10.1 Å². The van der Waals surface area contributed by atoms with Gasteiger partial charge in [-0.15, -0.1) is 0 Å². The third-order valence-electron chi connectivity index (χ3n) is 2.66. The molecule has 0 bridgehead atoms. The Bertz CT molecular complexity index is 688. The first-order valence-corrected chi connectivity index (χ1v) is 6.20. The molecule has 21 heavy (non-hydrogen) atoms. The Kier molecular flexibility index (Phi) is 4.49. The van der Waals surface area contributed by atoms with E-state index in [1.807, 2.05) is 0 Å². The van der Waals surface area contributed by atoms with Crippen LogP contribution in [0.2, 0.25) is 5.02 Å². The van der Waals surface area contributed by atoms with Crippen LogP contribution in [-0.4, -0.2) is 10.9 Å². The lowest BCUT2D eigenvalue weighted by Gasteiger charge is -2.06. The molecule has 5 nitrogen and oxygen atoms in total. The summed E-state index contributed by atoms with van der Waals surface area (Å²) in [6.45, 7) is -0.122. The Hall–Kier alpha value is -2.47. The highest BCUT2D eigenvalue weighted by atomic mass is 35.5. The van der Waals surface area contributed by atoms with Crippen LogP contribution in [0.1, 0.15) is 15.9 Å². The number of nitro groups is 1. The van der Waals surface area contributed by atoms with Gasteiger partial charge in [0.1, 0.15) is 18.0 Å². The molecule has 0 radical (unpaired) electrons. The van der Waals surface area contributed by atoms with Gasteiger partial charge in [0.15, 0.2) is 0 Å². The molecular formula is C14H9ClFNO4. The number of carbonyl (C=O) groups is 1. The van der Waals surface area contributed by atoms with Crippen LogP contribution >= 0.6 is 11.6 Å². The number of hydrogen-bond donors (Lipinski definition) is 0. The van der Waals surface area contributed by atoms with Gasteiger partial charge in [0.25, 0.3) is 5.69 Å². The molecule has 0 fully saturated rings. The van der Waals surface area contributed by atoms with Crippen molar-refractivity contribution in [3.63, 3.8) is 0 Å². The van der Waals surface area contributed by atoms with Gasteiger partial charge in [0, 0.05) is 11.1 Å². The summed E-state index contributed by atoms with van der Waals surface area (Å²) in [6, 6.07) is 8.99. The number of rotatable bonds is 4. The van der Waals surface area contributed by atoms with E-state index in [9.17, 15) is 19.3 Å². The van der Waals surface area contributed by atoms with Crippen molar-refractivity contribution in [1.29, 1.82) is 0 Å². The first-order valence-electron chi connectivity index (χ1n) is 5.83. The van der Waals surface area contributed by atoms with Gasteiger partial charge in [-0.1, -0.05) is 23.7 Å². The van der Waals surface area contributed by atoms with Crippen LogP contribution < -0.4 is 0 Å². The fourth-order valence-corrected chi connectivity index (χ4v) is 1.81. The molecule has 0 aliphatic carbocycles. The summed E-state index contributed by atoms with van der Waals surface area (Å²) >= 11 is 5.73. The maximum Gasteiger partial charge on any atom is 0.345 e. The van der Waals surface area contributed by atoms with E-state index in [0.717, 1.165) is 6.07 Å². The van der Waals surface area contributed by atoms with Crippen LogP contribution in [-0.2, 0) is 11.3 Å². The van der Waals surface area contributed by atoms with Crippen molar-refractivity contribution in [3.8, 4) is 0 Å². The number of benzene rings is 2. The predicted molar refractivity (Wildman–Crippen MR) is 73.6 cm³/mol. The molecule has 0 aliphatic heterocycles. The molecule has 2 rings (SSSR count). The second-order valence-electron chi connectivity index (χ2n) is 4.12. The van der Waals surface area contributed by atoms with Gasteiger partial charge >= 0.3 is 5.97 Å². The lowest BCUT2D eigenvalue weighted by Crippen LogP contribution is -2.08. The Morgan fingerprint density at radius 3 is 2.52 bits per heavy atom. The second-order valence-corrected chi connectivity index (χ2v) is 4.56. The van der Waals surface area contributed by atoms with E-state index in [0.29, 0.717) is 5.56 Å². The van der Waals surface area contributed by atoms with Crippen LogP contribution in [0.15, 0.2) is 42.5 Å². The van der Waals surface area contributed by atoms with Crippen LogP contribution in [0.3, 0.4) is 0 Å². The fraction of sp³-hybridized carbons (Fsp3) is 0.0714. The van der Waals surface area contributed by atoms with Gasteiger partial charge in [-0.3, -0.25) is 10.1 Å². The average molecular weight is 310 g/mol. The van der Waals surface area contributed by atoms with Gasteiger partial charge in [0.2, 0.25) is 0 Å². The molecule has 0 spiro atoms. The van der Waals surface area contributed by atoms with Crippen molar-refractivity contribution in [3.05, 3.63) is 74.5 Å². The third-order valence-corrected chi connectivity index (χ3v) is 2.89. The average Bonchev–Trinajstić information content (AvgIpc) is 2.46. The quantitative estimate of drug-likeness (QED) is 0.490. The summed E-state index contributed by atoms with van der Waals surface area (Å²) in [7, 11) is 0. The first kappa shape index (κ1) is 14.9. The van der Waals surface area contributed by atoms with Gasteiger partial charge in [-0.25, -0.2) is 9.18 Å². The summed E-state index contributed by atoms with van der Waals surface area (Å²) in [6.07, 6.45) is 0. The van der Waals surface area contributed by atoms with Crippen LogP contribution in [0, 0.1) is 15.9 Å². The van der Waals surface area contributed by atoms with E-state index in [4.69, 9.17) is 16.3 Å². The number of nitrogens with zero attached hydrogens (tertiary/aromatic N) is 1. The summed E-state index contributed by atoms with van der Waals surface area (Å²) in [4.78, 5) is 22.1. The molecule has 108 valence electrons. The van der Waals surface area contributed by atoms with E-state index in [1.165, 1.54) is 36.4 Å². The summed E-state index contributed by atoms with van der Waals surface area (Å²) in [5.41, 5.74) is -0.0486. The third kappa shape index (κ3) is 3.76. The van der Waals surface area contributed by atoms with Gasteiger partial charge < -0.3 is 4.74 Å². The number of hydrogen-bond acceptors (Lipinski definition) is 4. The zero-order valence-electron chi connectivity index (χ0n) is 10.6. The van der Waals surface area contributed by atoms with Crippen molar-refractivity contribution in [2.24, 2.45) is 0 Å². The number of ether oxygens (including phenoxy) is 1. The molecule has 0 N–H and O–H groups in total. The maximum atomic E-state index is 12.7. The molecule has 0 aliphatic rings. The SMILES string of the molecule is O=C(OCc1ccc(F)cc1)c1cc(Cl)ccc1[N+](=O)[O-]. The van der Waals surface area contributed by atoms with E-state index in [1.54, 1.807) is 0 Å². The second kappa shape index (κ2) is 6.32. The Balaban J connectivity index is 2.15. The highest BCUT2D eigenvalue weighted by Gasteiger charge is 2.21. The fourth-order valence-electron chi connectivity index (χ4n) is 1.64. The zero-order chi connectivity index (χ0) is 15.4. The Morgan fingerprint density at radius 2 is 1.90 bits per heavy atom. The van der Waals surface area contributed by atoms with Gasteiger partial charge in [-0.05, 0) is 29.8 Å². The van der Waals surface area contributed by atoms with Crippen molar-refractivity contribution in [2.45, 2.75) is 6.61 Å². The molecule has 0 saturated heterocycles. The highest BCUT2D eigenvalue weighted by Crippen LogP contribution is 2.23. The van der Waals surface area contributed by atoms with Gasteiger partial charge in [0.05, 0.1) is 4.92 Å². The highest BCUT2D eigenvalue weighted by molar-refractivity contribution is 6.31. The Labute approximate surface area is 124 Å². The van der Waals surface area contributed by atoms with E-state index < -0.39 is 16.7 Å². The largest absolute Gasteiger partial charge is 0.457 e. The predicted octanol–water partition coefficient (Wildman–Crippen LogP) is 3.74. The lowest BCUT2D eigenvalue weighted by molar-refractivity contribution is -0.385. The summed E-state index contributed by atoms with van der Waals surface area (Å²) in [5.74, 6) is -1.27. The molecule has 2 aromatic carbocycles. The molecule has 0 atom stereocenters. The molecule has 0 aromatic heterocycles. The topological polar surface area (TPSA) is 69.4 Å². The number of carbonyl (C=O) groups excluding carboxylic acids is 1. The van der Waals surface area contributed by atoms with Crippen molar-refractivity contribution < 1.29 is 18.8 Å². The van der Waals surface area contributed by atoms with Crippen molar-refractivity contribution in [1.82, 2.24) is 0 Å². The molecule has 0 unspecified atom stereocenters. The van der Waals surface area contributed by atoms with E-state index in [-0.39, 0.29) is 22.9 Å². The minimum absolute atomic E-state index is 0.122. The molecule has 0 amide bonds. The summed E-state index contributed by atoms with van der Waals surface area (Å²) in [5, 5.41) is 11.1. The zero-order valence-corrected chi connectivity index (χ0v) is 11.3. The molecule has 0 heterocycles. The molecule has 7 heteroatoms. The van der Waals surface area contributed by atoms with Gasteiger partial charge in [-0.2, -0.15) is 0 Å². The molecular weight excluding hydrogens is 301 g/mol. The van der Waals surface area contributed by atoms with Crippen LogP contribution in [0.5, 0.6) is 0 Å². The standard InChI is InChI=1S/C14H9ClFNO4/c15-10-3-6-13(17(19)20)12(7-10)14(18)21-8-9-1-4-11(16)5-2-9/h1-7H,8H2. The lowest BCUT2D eigenvalue weighted by atomic mass is 10.2. The number of nitro benzene ring substituents is 1. The first-order chi connectivity index (χ1) is 9.97. The number of halogens is 2. The molecule has 2 aromatic rings. The van der Waals surface area contributed by atoms with E-state index in [2.05, 4.69) is 0 Å². The van der Waals surface area contributed by atoms with Crippen LogP contribution in [0.25, 0.3) is 0 Å². The van der Waals surface area contributed by atoms with Crippen molar-refractivity contribution in [2.75, 3.05) is 0 Å².